The first-order valence-electron chi connectivity index (χ1n) is 6.82. The summed E-state index contributed by atoms with van der Waals surface area (Å²) in [5.41, 5.74) is 1.09. The summed E-state index contributed by atoms with van der Waals surface area (Å²) >= 11 is 0. The molecular weight excluding hydrogens is 227 g/mol. The summed E-state index contributed by atoms with van der Waals surface area (Å²) in [7, 11) is 0. The molecule has 0 unspecified atom stereocenters. The number of hydrogen-bond donors (Lipinski definition) is 0. The number of halogens is 1. The molecule has 1 aromatic carbocycles. The third-order valence-corrected chi connectivity index (χ3v) is 3.42. The van der Waals surface area contributed by atoms with Crippen molar-refractivity contribution in [3.63, 3.8) is 0 Å². The third kappa shape index (κ3) is 4.61. The molecule has 0 saturated heterocycles. The zero-order valence-electron chi connectivity index (χ0n) is 10.8. The van der Waals surface area contributed by atoms with Crippen molar-refractivity contribution < 1.29 is 9.13 Å². The number of ether oxygens (including phenoxy) is 1. The van der Waals surface area contributed by atoms with E-state index in [0.29, 0.717) is 12.5 Å². The van der Waals surface area contributed by atoms with Crippen LogP contribution in [0.3, 0.4) is 0 Å². The molecule has 0 atom stereocenters. The van der Waals surface area contributed by atoms with E-state index in [0.717, 1.165) is 18.4 Å². The summed E-state index contributed by atoms with van der Waals surface area (Å²) in [4.78, 5) is 0. The normalized spacial score (nSPS) is 17.9. The molecule has 0 aliphatic heterocycles. The Balaban J connectivity index is 1.70. The minimum Gasteiger partial charge on any atom is -0.370 e. The second kappa shape index (κ2) is 7.32. The topological polar surface area (TPSA) is 9.23 Å². The van der Waals surface area contributed by atoms with Gasteiger partial charge in [0.15, 0.2) is 0 Å². The highest BCUT2D eigenvalue weighted by atomic mass is 19.1. The molecule has 98 valence electrons. The van der Waals surface area contributed by atoms with Crippen molar-refractivity contribution in [3.05, 3.63) is 47.8 Å². The summed E-state index contributed by atoms with van der Waals surface area (Å²) < 4.78 is 19.0. The standard InChI is InChI=1S/C16H21FO/c17-16(11-14-7-3-1-4-8-14)13-18-12-15-9-5-2-6-10-15/h2,5-6,9-11,14H,1,3-4,7-8,12-13H2/b16-11+. The Morgan fingerprint density at radius 2 is 1.89 bits per heavy atom. The first-order chi connectivity index (χ1) is 8.84. The molecule has 2 heteroatoms. The van der Waals surface area contributed by atoms with Gasteiger partial charge in [-0.2, -0.15) is 0 Å². The molecule has 0 heterocycles. The maximum absolute atomic E-state index is 13.6. The second-order valence-corrected chi connectivity index (χ2v) is 4.99. The molecule has 0 aromatic heterocycles. The zero-order valence-corrected chi connectivity index (χ0v) is 10.8. The van der Waals surface area contributed by atoms with Crippen LogP contribution in [0.1, 0.15) is 37.7 Å². The molecule has 1 aliphatic carbocycles. The minimum atomic E-state index is -0.113. The van der Waals surface area contributed by atoms with Crippen LogP contribution in [0.2, 0.25) is 0 Å². The Labute approximate surface area is 109 Å². The summed E-state index contributed by atoms with van der Waals surface area (Å²) in [5.74, 6) is 0.317. The Bertz CT molecular complexity index is 366. The molecule has 1 fully saturated rings. The summed E-state index contributed by atoms with van der Waals surface area (Å²) in [6.07, 6.45) is 7.80. The van der Waals surface area contributed by atoms with E-state index in [4.69, 9.17) is 4.74 Å². The van der Waals surface area contributed by atoms with Gasteiger partial charge in [-0.05, 0) is 30.4 Å². The lowest BCUT2D eigenvalue weighted by atomic mass is 9.89. The summed E-state index contributed by atoms with van der Waals surface area (Å²) in [5, 5.41) is 0. The van der Waals surface area contributed by atoms with Gasteiger partial charge in [0.2, 0.25) is 0 Å². The molecule has 1 saturated carbocycles. The van der Waals surface area contributed by atoms with Crippen LogP contribution in [-0.4, -0.2) is 6.61 Å². The van der Waals surface area contributed by atoms with Gasteiger partial charge in [-0.25, -0.2) is 4.39 Å². The van der Waals surface area contributed by atoms with Crippen molar-refractivity contribution in [2.24, 2.45) is 5.92 Å². The van der Waals surface area contributed by atoms with E-state index in [-0.39, 0.29) is 12.4 Å². The second-order valence-electron chi connectivity index (χ2n) is 4.99. The van der Waals surface area contributed by atoms with Crippen LogP contribution in [0.4, 0.5) is 4.39 Å². The van der Waals surface area contributed by atoms with Gasteiger partial charge in [0.1, 0.15) is 5.83 Å². The van der Waals surface area contributed by atoms with Crippen LogP contribution in [0.5, 0.6) is 0 Å². The van der Waals surface area contributed by atoms with Crippen LogP contribution >= 0.6 is 0 Å². The maximum atomic E-state index is 13.6. The van der Waals surface area contributed by atoms with Crippen LogP contribution in [0.15, 0.2) is 42.2 Å². The van der Waals surface area contributed by atoms with Crippen LogP contribution in [0.25, 0.3) is 0 Å². The van der Waals surface area contributed by atoms with Gasteiger partial charge in [-0.15, -0.1) is 0 Å². The highest BCUT2D eigenvalue weighted by Gasteiger charge is 2.11. The first-order valence-corrected chi connectivity index (χ1v) is 6.82. The number of hydrogen-bond acceptors (Lipinski definition) is 1. The van der Waals surface area contributed by atoms with Crippen molar-refractivity contribution in [1.29, 1.82) is 0 Å². The van der Waals surface area contributed by atoms with Crippen molar-refractivity contribution >= 4 is 0 Å². The van der Waals surface area contributed by atoms with Crippen LogP contribution in [-0.2, 0) is 11.3 Å². The molecule has 0 radical (unpaired) electrons. The Morgan fingerprint density at radius 3 is 2.61 bits per heavy atom. The van der Waals surface area contributed by atoms with Gasteiger partial charge in [-0.3, -0.25) is 0 Å². The highest BCUT2D eigenvalue weighted by molar-refractivity contribution is 5.13. The lowest BCUT2D eigenvalue weighted by Gasteiger charge is -2.18. The van der Waals surface area contributed by atoms with Crippen molar-refractivity contribution in [2.75, 3.05) is 6.61 Å². The molecule has 2 rings (SSSR count). The van der Waals surface area contributed by atoms with Crippen molar-refractivity contribution in [1.82, 2.24) is 0 Å². The number of benzene rings is 1. The fourth-order valence-corrected chi connectivity index (χ4v) is 2.45. The summed E-state index contributed by atoms with van der Waals surface area (Å²) in [6.45, 7) is 0.582. The van der Waals surface area contributed by atoms with Crippen LogP contribution < -0.4 is 0 Å². The average Bonchev–Trinajstić information content (AvgIpc) is 2.41. The molecule has 0 N–H and O–H groups in total. The van der Waals surface area contributed by atoms with Gasteiger partial charge < -0.3 is 4.74 Å². The Kier molecular flexibility index (Phi) is 5.40. The highest BCUT2D eigenvalue weighted by Crippen LogP contribution is 2.25. The van der Waals surface area contributed by atoms with E-state index in [2.05, 4.69) is 0 Å². The van der Waals surface area contributed by atoms with E-state index in [1.54, 1.807) is 6.08 Å². The largest absolute Gasteiger partial charge is 0.370 e. The zero-order chi connectivity index (χ0) is 12.6. The predicted molar refractivity (Wildman–Crippen MR) is 71.9 cm³/mol. The monoisotopic (exact) mass is 248 g/mol. The van der Waals surface area contributed by atoms with E-state index in [1.807, 2.05) is 30.3 Å². The molecule has 0 spiro atoms. The van der Waals surface area contributed by atoms with Gasteiger partial charge in [0.05, 0.1) is 13.2 Å². The van der Waals surface area contributed by atoms with Gasteiger partial charge >= 0.3 is 0 Å². The van der Waals surface area contributed by atoms with Crippen molar-refractivity contribution in [3.8, 4) is 0 Å². The molecule has 1 nitrogen and oxygen atoms in total. The van der Waals surface area contributed by atoms with E-state index in [9.17, 15) is 4.39 Å². The van der Waals surface area contributed by atoms with E-state index < -0.39 is 0 Å². The quantitative estimate of drug-likeness (QED) is 0.737. The fraction of sp³-hybridized carbons (Fsp3) is 0.500. The van der Waals surface area contributed by atoms with E-state index >= 15 is 0 Å². The molecular formula is C16H21FO. The van der Waals surface area contributed by atoms with Gasteiger partial charge in [0, 0.05) is 0 Å². The molecule has 0 bridgehead atoms. The van der Waals surface area contributed by atoms with E-state index in [1.165, 1.54) is 19.3 Å². The first kappa shape index (κ1) is 13.3. The van der Waals surface area contributed by atoms with Crippen LogP contribution in [0, 0.1) is 5.92 Å². The minimum absolute atomic E-state index is 0.103. The van der Waals surface area contributed by atoms with Gasteiger partial charge in [-0.1, -0.05) is 49.6 Å². The molecule has 18 heavy (non-hydrogen) atoms. The van der Waals surface area contributed by atoms with Crippen molar-refractivity contribution in [2.45, 2.75) is 38.7 Å². The average molecular weight is 248 g/mol. The molecule has 0 amide bonds. The Morgan fingerprint density at radius 1 is 1.17 bits per heavy atom. The SMILES string of the molecule is F/C(=C/C1CCCCC1)COCc1ccccc1. The fourth-order valence-electron chi connectivity index (χ4n) is 2.45. The number of allylic oxidation sites excluding steroid dienone is 1. The maximum Gasteiger partial charge on any atom is 0.122 e. The summed E-state index contributed by atoms with van der Waals surface area (Å²) in [6, 6.07) is 9.87. The lowest BCUT2D eigenvalue weighted by molar-refractivity contribution is 0.128. The Hall–Kier alpha value is -1.15. The third-order valence-electron chi connectivity index (χ3n) is 3.42. The lowest BCUT2D eigenvalue weighted by Crippen LogP contribution is -2.05. The molecule has 1 aliphatic rings. The predicted octanol–water partition coefficient (Wildman–Crippen LogP) is 4.64. The molecule has 1 aromatic rings. The van der Waals surface area contributed by atoms with Gasteiger partial charge in [0.25, 0.3) is 0 Å². The smallest absolute Gasteiger partial charge is 0.122 e. The number of rotatable bonds is 5.